The van der Waals surface area contributed by atoms with Crippen LogP contribution in [-0.4, -0.2) is 21.4 Å². The Morgan fingerprint density at radius 3 is 2.09 bits per heavy atom. The highest BCUT2D eigenvalue weighted by atomic mass is 32.2. The molecule has 6 nitrogen and oxygen atoms in total. The number of amides is 1. The zero-order valence-corrected chi connectivity index (χ0v) is 20.3. The van der Waals surface area contributed by atoms with Crippen molar-refractivity contribution in [2.24, 2.45) is 0 Å². The maximum Gasteiger partial charge on any atom is 0.264 e. The Balaban J connectivity index is 1.37. The normalized spacial score (nSPS) is 11.0. The molecule has 0 bridgehead atoms. The van der Waals surface area contributed by atoms with E-state index in [1.54, 1.807) is 72.8 Å². The van der Waals surface area contributed by atoms with E-state index in [9.17, 15) is 13.2 Å². The zero-order chi connectivity index (χ0) is 24.8. The summed E-state index contributed by atoms with van der Waals surface area (Å²) in [6, 6.07) is 30.1. The number of aryl methyl sites for hydroxylation is 1. The first-order valence-corrected chi connectivity index (χ1v) is 12.5. The fourth-order valence-electron chi connectivity index (χ4n) is 3.41. The lowest BCUT2D eigenvalue weighted by Crippen LogP contribution is -2.26. The summed E-state index contributed by atoms with van der Waals surface area (Å²) in [4.78, 5) is 12.9. The molecule has 0 unspecified atom stereocenters. The van der Waals surface area contributed by atoms with Crippen LogP contribution in [0.5, 0.6) is 5.75 Å². The van der Waals surface area contributed by atoms with Crippen LogP contribution in [0, 0.1) is 6.92 Å². The van der Waals surface area contributed by atoms with E-state index >= 15 is 0 Å². The van der Waals surface area contributed by atoms with Gasteiger partial charge in [-0.15, -0.1) is 0 Å². The fraction of sp³-hybridized carbons (Fsp3) is 0.107. The molecule has 0 aliphatic rings. The number of hydrogen-bond acceptors (Lipinski definition) is 4. The van der Waals surface area contributed by atoms with Crippen molar-refractivity contribution in [2.45, 2.75) is 18.4 Å². The van der Waals surface area contributed by atoms with Gasteiger partial charge in [-0.2, -0.15) is 0 Å². The van der Waals surface area contributed by atoms with Crippen LogP contribution in [0.1, 0.15) is 21.5 Å². The molecular weight excluding hydrogens is 460 g/mol. The quantitative estimate of drug-likeness (QED) is 0.349. The molecule has 0 spiro atoms. The zero-order valence-electron chi connectivity index (χ0n) is 19.5. The highest BCUT2D eigenvalue weighted by Gasteiger charge is 2.21. The summed E-state index contributed by atoms with van der Waals surface area (Å²) in [5.41, 5.74) is 3.56. The third-order valence-electron chi connectivity index (χ3n) is 5.53. The van der Waals surface area contributed by atoms with Gasteiger partial charge in [0, 0.05) is 18.3 Å². The van der Waals surface area contributed by atoms with Crippen molar-refractivity contribution in [1.82, 2.24) is 0 Å². The third kappa shape index (κ3) is 5.88. The summed E-state index contributed by atoms with van der Waals surface area (Å²) in [7, 11) is -2.20. The number of carbonyl (C=O) groups excluding carboxylic acids is 1. The van der Waals surface area contributed by atoms with Crippen molar-refractivity contribution in [2.75, 3.05) is 16.7 Å². The van der Waals surface area contributed by atoms with Gasteiger partial charge in [-0.25, -0.2) is 8.42 Å². The number of ether oxygens (including phenoxy) is 1. The van der Waals surface area contributed by atoms with Crippen LogP contribution in [0.25, 0.3) is 0 Å². The lowest BCUT2D eigenvalue weighted by Gasteiger charge is -2.20. The smallest absolute Gasteiger partial charge is 0.264 e. The number of benzene rings is 4. The largest absolute Gasteiger partial charge is 0.489 e. The van der Waals surface area contributed by atoms with E-state index in [2.05, 4.69) is 5.32 Å². The highest BCUT2D eigenvalue weighted by Crippen LogP contribution is 2.23. The van der Waals surface area contributed by atoms with Gasteiger partial charge >= 0.3 is 0 Å². The van der Waals surface area contributed by atoms with E-state index in [0.717, 1.165) is 11.1 Å². The van der Waals surface area contributed by atoms with E-state index in [1.807, 2.05) is 37.3 Å². The second kappa shape index (κ2) is 10.4. The highest BCUT2D eigenvalue weighted by molar-refractivity contribution is 7.92. The molecule has 4 aromatic carbocycles. The Morgan fingerprint density at radius 1 is 0.829 bits per heavy atom. The predicted molar refractivity (Wildman–Crippen MR) is 138 cm³/mol. The van der Waals surface area contributed by atoms with Gasteiger partial charge < -0.3 is 10.1 Å². The fourth-order valence-corrected chi connectivity index (χ4v) is 4.60. The van der Waals surface area contributed by atoms with Gasteiger partial charge in [0.15, 0.2) is 0 Å². The van der Waals surface area contributed by atoms with Crippen molar-refractivity contribution in [3.63, 3.8) is 0 Å². The molecule has 0 fully saturated rings. The first-order chi connectivity index (χ1) is 16.8. The topological polar surface area (TPSA) is 75.7 Å². The Morgan fingerprint density at radius 2 is 1.46 bits per heavy atom. The molecule has 1 amide bonds. The van der Waals surface area contributed by atoms with Gasteiger partial charge in [0.1, 0.15) is 12.4 Å². The number of sulfonamides is 1. The van der Waals surface area contributed by atoms with Crippen LogP contribution in [0.4, 0.5) is 11.4 Å². The molecule has 0 saturated carbocycles. The third-order valence-corrected chi connectivity index (χ3v) is 7.33. The second-order valence-electron chi connectivity index (χ2n) is 8.09. The first kappa shape index (κ1) is 24.0. The number of carbonyl (C=O) groups is 1. The van der Waals surface area contributed by atoms with Crippen molar-refractivity contribution < 1.29 is 17.9 Å². The van der Waals surface area contributed by atoms with Gasteiger partial charge in [-0.05, 0) is 73.2 Å². The minimum absolute atomic E-state index is 0.212. The summed E-state index contributed by atoms with van der Waals surface area (Å²) >= 11 is 0. The van der Waals surface area contributed by atoms with Crippen LogP contribution >= 0.6 is 0 Å². The summed E-state index contributed by atoms with van der Waals surface area (Å²) in [6.07, 6.45) is 0. The molecule has 0 radical (unpaired) electrons. The summed E-state index contributed by atoms with van der Waals surface area (Å²) in [6.45, 7) is 2.37. The minimum Gasteiger partial charge on any atom is -0.489 e. The van der Waals surface area contributed by atoms with Gasteiger partial charge in [-0.1, -0.05) is 48.0 Å². The number of hydrogen-bond donors (Lipinski definition) is 1. The molecule has 0 atom stereocenters. The summed E-state index contributed by atoms with van der Waals surface area (Å²) in [5.74, 6) is 0.410. The molecule has 0 saturated heterocycles. The first-order valence-electron chi connectivity index (χ1n) is 11.1. The maximum atomic E-state index is 12.9. The molecule has 4 rings (SSSR count). The van der Waals surface area contributed by atoms with Crippen LogP contribution in [0.2, 0.25) is 0 Å². The minimum atomic E-state index is -3.70. The molecular formula is C28H26N2O4S. The number of nitrogens with zero attached hydrogens (tertiary/aromatic N) is 1. The molecule has 35 heavy (non-hydrogen) atoms. The van der Waals surface area contributed by atoms with Crippen molar-refractivity contribution >= 4 is 27.3 Å². The van der Waals surface area contributed by atoms with Crippen molar-refractivity contribution in [1.29, 1.82) is 0 Å². The van der Waals surface area contributed by atoms with Crippen LogP contribution in [-0.2, 0) is 16.6 Å². The molecule has 0 aliphatic carbocycles. The number of anilines is 2. The second-order valence-corrected chi connectivity index (χ2v) is 10.1. The Bertz CT molecular complexity index is 1380. The summed E-state index contributed by atoms with van der Waals surface area (Å²) in [5, 5.41) is 2.84. The molecule has 4 aromatic rings. The Hall–Kier alpha value is -4.10. The average Bonchev–Trinajstić information content (AvgIpc) is 2.89. The van der Waals surface area contributed by atoms with E-state index in [0.29, 0.717) is 29.3 Å². The van der Waals surface area contributed by atoms with Crippen LogP contribution < -0.4 is 14.4 Å². The van der Waals surface area contributed by atoms with E-state index in [-0.39, 0.29) is 10.8 Å². The number of nitrogens with one attached hydrogen (secondary N) is 1. The molecule has 1 N–H and O–H groups in total. The summed E-state index contributed by atoms with van der Waals surface area (Å²) < 4.78 is 32.8. The molecule has 0 heterocycles. The van der Waals surface area contributed by atoms with Gasteiger partial charge in [0.05, 0.1) is 10.6 Å². The lowest BCUT2D eigenvalue weighted by atomic mass is 10.2. The molecule has 0 aliphatic heterocycles. The Kier molecular flexibility index (Phi) is 7.17. The molecule has 7 heteroatoms. The van der Waals surface area contributed by atoms with E-state index in [1.165, 1.54) is 11.4 Å². The SMILES string of the molecule is Cc1ccc(S(=O)(=O)N(C)c2ccc(C(=O)Nc3ccc(OCc4ccccc4)cc3)cc2)cc1. The van der Waals surface area contributed by atoms with E-state index in [4.69, 9.17) is 4.74 Å². The van der Waals surface area contributed by atoms with E-state index < -0.39 is 10.0 Å². The van der Waals surface area contributed by atoms with Crippen molar-refractivity contribution in [3.05, 3.63) is 120 Å². The van der Waals surface area contributed by atoms with Gasteiger partial charge in [0.25, 0.3) is 15.9 Å². The molecule has 0 aromatic heterocycles. The van der Waals surface area contributed by atoms with Crippen LogP contribution in [0.3, 0.4) is 0 Å². The van der Waals surface area contributed by atoms with Gasteiger partial charge in [0.2, 0.25) is 0 Å². The average molecular weight is 487 g/mol. The lowest BCUT2D eigenvalue weighted by molar-refractivity contribution is 0.102. The van der Waals surface area contributed by atoms with Crippen LogP contribution in [0.15, 0.2) is 108 Å². The van der Waals surface area contributed by atoms with Gasteiger partial charge in [-0.3, -0.25) is 9.10 Å². The standard InChI is InChI=1S/C28H26N2O4S/c1-21-8-18-27(19-9-21)35(32,33)30(2)25-14-10-23(11-15-25)28(31)29-24-12-16-26(17-13-24)34-20-22-6-4-3-5-7-22/h3-19H,20H2,1-2H3,(H,29,31). The maximum absolute atomic E-state index is 12.9. The monoisotopic (exact) mass is 486 g/mol. The predicted octanol–water partition coefficient (Wildman–Crippen LogP) is 5.65. The Labute approximate surface area is 205 Å². The number of rotatable bonds is 8. The van der Waals surface area contributed by atoms with Crippen molar-refractivity contribution in [3.8, 4) is 5.75 Å². The molecule has 178 valence electrons.